The Morgan fingerprint density at radius 2 is 1.78 bits per heavy atom. The van der Waals surface area contributed by atoms with Crippen LogP contribution < -0.4 is 0 Å². The first-order valence-electron chi connectivity index (χ1n) is 8.90. The molecular formula is C19H18N2O6. The van der Waals surface area contributed by atoms with Gasteiger partial charge in [0.2, 0.25) is 11.8 Å². The van der Waals surface area contributed by atoms with E-state index in [2.05, 4.69) is 0 Å². The van der Waals surface area contributed by atoms with E-state index in [0.717, 1.165) is 17.7 Å². The highest BCUT2D eigenvalue weighted by atomic mass is 16.6. The minimum Gasteiger partial charge on any atom is -0.481 e. The van der Waals surface area contributed by atoms with Gasteiger partial charge in [-0.25, -0.2) is 0 Å². The van der Waals surface area contributed by atoms with Crippen molar-refractivity contribution in [2.75, 3.05) is 0 Å². The van der Waals surface area contributed by atoms with Gasteiger partial charge >= 0.3 is 5.97 Å². The number of amides is 2. The van der Waals surface area contributed by atoms with Crippen molar-refractivity contribution in [1.82, 2.24) is 4.90 Å². The number of aliphatic carboxylic acids is 1. The summed E-state index contributed by atoms with van der Waals surface area (Å²) in [6.07, 6.45) is 5.18. The Bertz CT molecular complexity index is 847. The molecule has 1 saturated carbocycles. The van der Waals surface area contributed by atoms with E-state index in [1.54, 1.807) is 0 Å². The molecule has 4 aliphatic rings. The highest BCUT2D eigenvalue weighted by Crippen LogP contribution is 2.51. The number of fused-ring (bicyclic) bond motifs is 1. The highest BCUT2D eigenvalue weighted by molar-refractivity contribution is 6.06. The lowest BCUT2D eigenvalue weighted by atomic mass is 9.63. The number of carboxylic acid groups (broad SMARTS) is 1. The third-order valence-corrected chi connectivity index (χ3v) is 5.94. The molecule has 140 valence electrons. The van der Waals surface area contributed by atoms with Crippen LogP contribution in [-0.4, -0.2) is 32.7 Å². The van der Waals surface area contributed by atoms with Gasteiger partial charge in [0.15, 0.2) is 0 Å². The van der Waals surface area contributed by atoms with Crippen molar-refractivity contribution in [3.8, 4) is 0 Å². The number of hydrogen-bond donors (Lipinski definition) is 1. The fourth-order valence-corrected chi connectivity index (χ4v) is 4.77. The number of allylic oxidation sites excluding steroid dienone is 2. The Hall–Kier alpha value is -3.03. The first-order chi connectivity index (χ1) is 12.9. The summed E-state index contributed by atoms with van der Waals surface area (Å²) >= 11 is 0. The molecule has 8 nitrogen and oxygen atoms in total. The lowest BCUT2D eigenvalue weighted by Gasteiger charge is -2.38. The molecule has 1 aromatic carbocycles. The van der Waals surface area contributed by atoms with Gasteiger partial charge in [-0.05, 0) is 30.2 Å². The summed E-state index contributed by atoms with van der Waals surface area (Å²) in [5.74, 6) is -2.80. The molecule has 2 bridgehead atoms. The van der Waals surface area contributed by atoms with E-state index < -0.39 is 35.2 Å². The van der Waals surface area contributed by atoms with E-state index in [9.17, 15) is 29.6 Å². The van der Waals surface area contributed by atoms with Gasteiger partial charge in [0.05, 0.1) is 29.2 Å². The Balaban J connectivity index is 1.74. The number of imide groups is 1. The second-order valence-electron chi connectivity index (χ2n) is 7.35. The summed E-state index contributed by atoms with van der Waals surface area (Å²) in [6.45, 7) is 0. The van der Waals surface area contributed by atoms with Crippen molar-refractivity contribution >= 4 is 23.5 Å². The van der Waals surface area contributed by atoms with Gasteiger partial charge in [0.1, 0.15) is 0 Å². The van der Waals surface area contributed by atoms with Gasteiger partial charge in [-0.1, -0.05) is 24.3 Å². The molecule has 1 saturated heterocycles. The van der Waals surface area contributed by atoms with E-state index in [1.165, 1.54) is 24.3 Å². The largest absolute Gasteiger partial charge is 0.481 e. The molecule has 5 rings (SSSR count). The van der Waals surface area contributed by atoms with Crippen LogP contribution in [0.1, 0.15) is 30.9 Å². The Kier molecular flexibility index (Phi) is 4.05. The molecule has 2 amide bonds. The lowest BCUT2D eigenvalue weighted by Crippen LogP contribution is -2.38. The van der Waals surface area contributed by atoms with Gasteiger partial charge < -0.3 is 5.11 Å². The fourth-order valence-electron chi connectivity index (χ4n) is 4.77. The number of nitro benzene ring substituents is 1. The molecule has 1 aliphatic heterocycles. The number of carboxylic acids is 1. The predicted octanol–water partition coefficient (Wildman–Crippen LogP) is 2.31. The van der Waals surface area contributed by atoms with Crippen molar-refractivity contribution in [2.24, 2.45) is 23.7 Å². The number of rotatable bonds is 5. The first-order valence-corrected chi connectivity index (χ1v) is 8.90. The zero-order valence-corrected chi connectivity index (χ0v) is 14.4. The number of hydrogen-bond acceptors (Lipinski definition) is 5. The van der Waals surface area contributed by atoms with Crippen molar-refractivity contribution < 1.29 is 24.4 Å². The average Bonchev–Trinajstić information content (AvgIpc) is 2.94. The predicted molar refractivity (Wildman–Crippen MR) is 92.3 cm³/mol. The molecule has 3 aliphatic carbocycles. The molecule has 0 radical (unpaired) electrons. The quantitative estimate of drug-likeness (QED) is 0.368. The van der Waals surface area contributed by atoms with E-state index in [-0.39, 0.29) is 34.9 Å². The molecule has 0 aromatic heterocycles. The molecule has 1 aromatic rings. The third kappa shape index (κ3) is 2.72. The minimum atomic E-state index is -1.18. The maximum absolute atomic E-state index is 13.1. The maximum atomic E-state index is 13.1. The number of benzene rings is 1. The monoisotopic (exact) mass is 370 g/mol. The smallest absolute Gasteiger partial charge is 0.305 e. The number of carbonyl (C=O) groups is 3. The van der Waals surface area contributed by atoms with Crippen LogP contribution in [-0.2, 0) is 14.4 Å². The lowest BCUT2D eigenvalue weighted by molar-refractivity contribution is -0.385. The third-order valence-electron chi connectivity index (χ3n) is 5.94. The second-order valence-corrected chi connectivity index (χ2v) is 7.35. The number of carbonyl (C=O) groups excluding carboxylic acids is 2. The van der Waals surface area contributed by atoms with Crippen molar-refractivity contribution in [3.05, 3.63) is 52.1 Å². The van der Waals surface area contributed by atoms with E-state index in [4.69, 9.17) is 0 Å². The topological polar surface area (TPSA) is 118 Å². The molecule has 1 heterocycles. The van der Waals surface area contributed by atoms with E-state index >= 15 is 0 Å². The Labute approximate surface area is 154 Å². The first kappa shape index (κ1) is 17.4. The second kappa shape index (κ2) is 6.29. The van der Waals surface area contributed by atoms with Gasteiger partial charge in [0.25, 0.3) is 5.69 Å². The number of nitro groups is 1. The highest BCUT2D eigenvalue weighted by Gasteiger charge is 2.58. The summed E-state index contributed by atoms with van der Waals surface area (Å²) in [5.41, 5.74) is 0.0772. The zero-order valence-electron chi connectivity index (χ0n) is 14.4. The fraction of sp³-hybridized carbons (Fsp3) is 0.421. The summed E-state index contributed by atoms with van der Waals surface area (Å²) < 4.78 is 0. The maximum Gasteiger partial charge on any atom is 0.305 e. The number of non-ortho nitro benzene ring substituents is 1. The van der Waals surface area contributed by atoms with Gasteiger partial charge in [-0.3, -0.25) is 29.4 Å². The molecule has 5 atom stereocenters. The number of likely N-dealkylation sites (tertiary alicyclic amines) is 1. The van der Waals surface area contributed by atoms with Crippen molar-refractivity contribution in [2.45, 2.75) is 25.3 Å². The molecule has 5 unspecified atom stereocenters. The van der Waals surface area contributed by atoms with Crippen molar-refractivity contribution in [1.29, 1.82) is 0 Å². The zero-order chi connectivity index (χ0) is 19.3. The Morgan fingerprint density at radius 1 is 1.19 bits per heavy atom. The van der Waals surface area contributed by atoms with Gasteiger partial charge in [-0.2, -0.15) is 0 Å². The van der Waals surface area contributed by atoms with Gasteiger partial charge in [-0.15, -0.1) is 0 Å². The van der Waals surface area contributed by atoms with Crippen LogP contribution in [0.2, 0.25) is 0 Å². The van der Waals surface area contributed by atoms with Gasteiger partial charge in [0, 0.05) is 12.1 Å². The summed E-state index contributed by atoms with van der Waals surface area (Å²) in [5, 5.41) is 20.4. The Morgan fingerprint density at radius 3 is 2.26 bits per heavy atom. The SMILES string of the molecule is O=C(O)CC(c1cccc([N+](=O)[O-])c1)N1C(=O)C2C3C=CC(CC3)C2C1=O. The molecule has 27 heavy (non-hydrogen) atoms. The van der Waals surface area contributed by atoms with Crippen LogP contribution in [0.3, 0.4) is 0 Å². The minimum absolute atomic E-state index is 0.00274. The van der Waals surface area contributed by atoms with E-state index in [1.807, 2.05) is 12.2 Å². The molecular weight excluding hydrogens is 352 g/mol. The summed E-state index contributed by atoms with van der Waals surface area (Å²) in [4.78, 5) is 49.2. The van der Waals surface area contributed by atoms with Crippen LogP contribution in [0.25, 0.3) is 0 Å². The summed E-state index contributed by atoms with van der Waals surface area (Å²) in [7, 11) is 0. The normalized spacial score (nSPS) is 29.7. The standard InChI is InChI=1S/C19H18N2O6/c22-15(23)9-14(12-2-1-3-13(8-12)21(26)27)20-18(24)16-10-4-5-11(7-6-10)17(16)19(20)25/h1-5,8,10-11,14,16-17H,6-7,9H2,(H,22,23). The van der Waals surface area contributed by atoms with Crippen LogP contribution >= 0.6 is 0 Å². The van der Waals surface area contributed by atoms with Crippen molar-refractivity contribution in [3.63, 3.8) is 0 Å². The van der Waals surface area contributed by atoms with Crippen LogP contribution in [0, 0.1) is 33.8 Å². The van der Waals surface area contributed by atoms with Crippen LogP contribution in [0.15, 0.2) is 36.4 Å². The van der Waals surface area contributed by atoms with E-state index in [0.29, 0.717) is 0 Å². The van der Waals surface area contributed by atoms with Crippen LogP contribution in [0.4, 0.5) is 5.69 Å². The number of nitrogens with zero attached hydrogens (tertiary/aromatic N) is 2. The van der Waals surface area contributed by atoms with Crippen LogP contribution in [0.5, 0.6) is 0 Å². The average molecular weight is 370 g/mol. The molecule has 2 fully saturated rings. The molecule has 1 N–H and O–H groups in total. The molecule has 8 heteroatoms. The molecule has 0 spiro atoms. The summed E-state index contributed by atoms with van der Waals surface area (Å²) in [6, 6.07) is 4.44.